The highest BCUT2D eigenvalue weighted by molar-refractivity contribution is 14.1. The maximum atomic E-state index is 12.2. The van der Waals surface area contributed by atoms with Gasteiger partial charge in [-0.3, -0.25) is 9.69 Å². The lowest BCUT2D eigenvalue weighted by Crippen LogP contribution is -2.46. The fourth-order valence-corrected chi connectivity index (χ4v) is 3.65. The Labute approximate surface area is 136 Å². The zero-order valence-electron chi connectivity index (χ0n) is 10.8. The van der Waals surface area contributed by atoms with Gasteiger partial charge in [0.1, 0.15) is 0 Å². The zero-order chi connectivity index (χ0) is 13.7. The van der Waals surface area contributed by atoms with Crippen molar-refractivity contribution in [2.75, 3.05) is 13.1 Å². The van der Waals surface area contributed by atoms with Crippen LogP contribution in [-0.2, 0) is 0 Å². The van der Waals surface area contributed by atoms with Crippen molar-refractivity contribution < 1.29 is 4.79 Å². The molecular weight excluding hydrogens is 454 g/mol. The first-order valence-electron chi connectivity index (χ1n) is 5.99. The van der Waals surface area contributed by atoms with Crippen LogP contribution in [0.5, 0.6) is 0 Å². The van der Waals surface area contributed by atoms with Crippen LogP contribution in [0.1, 0.15) is 31.1 Å². The highest BCUT2D eigenvalue weighted by atomic mass is 127. The Morgan fingerprint density at radius 3 is 2.44 bits per heavy atom. The molecule has 0 radical (unpaired) electrons. The van der Waals surface area contributed by atoms with Gasteiger partial charge in [0.05, 0.1) is 11.7 Å². The average Bonchev–Trinajstić information content (AvgIpc) is 2.30. The van der Waals surface area contributed by atoms with Crippen LogP contribution in [0.25, 0.3) is 0 Å². The number of nitrogens with zero attached hydrogens (tertiary/aromatic N) is 1. The first-order chi connectivity index (χ1) is 8.49. The molecule has 1 N–H and O–H groups in total. The van der Waals surface area contributed by atoms with Crippen molar-refractivity contribution in [1.82, 2.24) is 10.2 Å². The summed E-state index contributed by atoms with van der Waals surface area (Å²) in [7, 11) is 0. The molecule has 1 aromatic rings. The highest BCUT2D eigenvalue weighted by Gasteiger charge is 2.16. The van der Waals surface area contributed by atoms with E-state index in [4.69, 9.17) is 0 Å². The lowest BCUT2D eigenvalue weighted by Gasteiger charge is -2.27. The minimum atomic E-state index is -0.00444. The van der Waals surface area contributed by atoms with Crippen molar-refractivity contribution in [3.8, 4) is 0 Å². The molecule has 0 spiro atoms. The second kappa shape index (κ2) is 7.64. The molecule has 0 aromatic heterocycles. The summed E-state index contributed by atoms with van der Waals surface area (Å²) in [5, 5.41) is 3.04. The van der Waals surface area contributed by atoms with E-state index in [0.717, 1.165) is 25.8 Å². The third kappa shape index (κ3) is 4.34. The van der Waals surface area contributed by atoms with Crippen LogP contribution in [0.15, 0.2) is 18.2 Å². The molecule has 1 aromatic carbocycles. The summed E-state index contributed by atoms with van der Waals surface area (Å²) in [5.41, 5.74) is 0.745. The molecule has 1 unspecified atom stereocenters. The summed E-state index contributed by atoms with van der Waals surface area (Å²) in [6.45, 7) is 8.08. The summed E-state index contributed by atoms with van der Waals surface area (Å²) < 4.78 is 2.13. The number of nitrogens with one attached hydrogen (secondary N) is 1. The summed E-state index contributed by atoms with van der Waals surface area (Å²) >= 11 is 4.45. The zero-order valence-corrected chi connectivity index (χ0v) is 15.2. The second-order valence-corrected chi connectivity index (χ2v) is 6.40. The Hall–Kier alpha value is 0.110. The number of halogens is 2. The molecule has 0 saturated heterocycles. The van der Waals surface area contributed by atoms with E-state index < -0.39 is 0 Å². The van der Waals surface area contributed by atoms with E-state index >= 15 is 0 Å². The molecule has 0 aliphatic heterocycles. The van der Waals surface area contributed by atoms with Crippen molar-refractivity contribution in [3.05, 3.63) is 30.9 Å². The van der Waals surface area contributed by atoms with Crippen LogP contribution in [0.3, 0.4) is 0 Å². The summed E-state index contributed by atoms with van der Waals surface area (Å²) in [6.07, 6.45) is 0.0579. The van der Waals surface area contributed by atoms with Crippen LogP contribution < -0.4 is 5.32 Å². The van der Waals surface area contributed by atoms with E-state index in [9.17, 15) is 4.79 Å². The number of benzene rings is 1. The number of hydrogen-bond acceptors (Lipinski definition) is 2. The molecule has 0 bridgehead atoms. The second-order valence-electron chi connectivity index (χ2n) is 3.99. The van der Waals surface area contributed by atoms with Gasteiger partial charge in [-0.05, 0) is 83.4 Å². The molecule has 18 heavy (non-hydrogen) atoms. The van der Waals surface area contributed by atoms with Gasteiger partial charge in [0.2, 0.25) is 0 Å². The molecule has 1 rings (SSSR count). The number of carbonyl (C=O) groups excluding carboxylic acids is 1. The Kier molecular flexibility index (Phi) is 6.86. The van der Waals surface area contributed by atoms with E-state index in [-0.39, 0.29) is 12.1 Å². The summed E-state index contributed by atoms with van der Waals surface area (Å²) in [5.74, 6) is -0.00444. The topological polar surface area (TPSA) is 32.3 Å². The average molecular weight is 472 g/mol. The molecule has 0 fully saturated rings. The summed E-state index contributed by atoms with van der Waals surface area (Å²) in [6, 6.07) is 5.85. The molecule has 0 heterocycles. The molecule has 1 amide bonds. The fourth-order valence-electron chi connectivity index (χ4n) is 1.80. The van der Waals surface area contributed by atoms with Crippen LogP contribution in [0, 0.1) is 7.14 Å². The summed E-state index contributed by atoms with van der Waals surface area (Å²) in [4.78, 5) is 14.4. The van der Waals surface area contributed by atoms with Gasteiger partial charge < -0.3 is 5.32 Å². The molecule has 1 atom stereocenters. The predicted molar refractivity (Wildman–Crippen MR) is 91.7 cm³/mol. The quantitative estimate of drug-likeness (QED) is 0.527. The number of carbonyl (C=O) groups is 1. The number of amides is 1. The molecule has 0 aliphatic carbocycles. The van der Waals surface area contributed by atoms with Crippen molar-refractivity contribution in [2.45, 2.75) is 26.9 Å². The molecule has 100 valence electrons. The van der Waals surface area contributed by atoms with Gasteiger partial charge in [0.25, 0.3) is 5.91 Å². The van der Waals surface area contributed by atoms with Crippen molar-refractivity contribution >= 4 is 51.1 Å². The smallest absolute Gasteiger partial charge is 0.253 e. The molecule has 0 aliphatic rings. The lowest BCUT2D eigenvalue weighted by molar-refractivity contribution is 0.0874. The van der Waals surface area contributed by atoms with E-state index in [1.165, 1.54) is 0 Å². The minimum absolute atomic E-state index is 0.00444. The number of rotatable bonds is 5. The van der Waals surface area contributed by atoms with Crippen LogP contribution in [0.2, 0.25) is 0 Å². The van der Waals surface area contributed by atoms with Gasteiger partial charge in [-0.25, -0.2) is 0 Å². The van der Waals surface area contributed by atoms with Crippen molar-refractivity contribution in [3.63, 3.8) is 0 Å². The van der Waals surface area contributed by atoms with Gasteiger partial charge in [-0.1, -0.05) is 13.8 Å². The first kappa shape index (κ1) is 16.2. The largest absolute Gasteiger partial charge is 0.337 e. The molecular formula is C13H18I2N2O. The van der Waals surface area contributed by atoms with Gasteiger partial charge in [0.15, 0.2) is 0 Å². The van der Waals surface area contributed by atoms with Gasteiger partial charge >= 0.3 is 0 Å². The Bertz CT molecular complexity index is 419. The van der Waals surface area contributed by atoms with Crippen LogP contribution >= 0.6 is 45.2 Å². The van der Waals surface area contributed by atoms with Crippen molar-refractivity contribution in [1.29, 1.82) is 0 Å². The third-order valence-corrected chi connectivity index (χ3v) is 4.44. The van der Waals surface area contributed by atoms with E-state index in [1.54, 1.807) is 0 Å². The highest BCUT2D eigenvalue weighted by Crippen LogP contribution is 2.16. The lowest BCUT2D eigenvalue weighted by atomic mass is 10.2. The predicted octanol–water partition coefficient (Wildman–Crippen LogP) is 3.31. The van der Waals surface area contributed by atoms with Gasteiger partial charge in [-0.2, -0.15) is 0 Å². The van der Waals surface area contributed by atoms with Gasteiger partial charge in [-0.15, -0.1) is 0 Å². The Balaban J connectivity index is 2.76. The Morgan fingerprint density at radius 2 is 1.94 bits per heavy atom. The fraction of sp³-hybridized carbons (Fsp3) is 0.462. The first-order valence-corrected chi connectivity index (χ1v) is 8.15. The van der Waals surface area contributed by atoms with E-state index in [0.29, 0.717) is 0 Å². The van der Waals surface area contributed by atoms with E-state index in [1.807, 2.05) is 25.1 Å². The molecule has 5 heteroatoms. The Morgan fingerprint density at radius 1 is 1.33 bits per heavy atom. The van der Waals surface area contributed by atoms with Crippen molar-refractivity contribution in [2.24, 2.45) is 0 Å². The maximum absolute atomic E-state index is 12.2. The minimum Gasteiger partial charge on any atom is -0.337 e. The standard InChI is InChI=1S/C13H18I2N2O/c1-4-17(5-2)9(3)16-13(18)11-7-6-10(14)8-12(11)15/h6-9H,4-5H2,1-3H3,(H,16,18). The SMILES string of the molecule is CCN(CC)C(C)NC(=O)c1ccc(I)cc1I. The van der Waals surface area contributed by atoms with Crippen LogP contribution in [-0.4, -0.2) is 30.1 Å². The van der Waals surface area contributed by atoms with E-state index in [2.05, 4.69) is 69.2 Å². The molecule has 0 saturated carbocycles. The molecule has 3 nitrogen and oxygen atoms in total. The number of hydrogen-bond donors (Lipinski definition) is 1. The maximum Gasteiger partial charge on any atom is 0.253 e. The normalized spacial score (nSPS) is 12.6. The monoisotopic (exact) mass is 472 g/mol. The third-order valence-electron chi connectivity index (χ3n) is 2.88. The van der Waals surface area contributed by atoms with Crippen LogP contribution in [0.4, 0.5) is 0 Å². The van der Waals surface area contributed by atoms with Gasteiger partial charge in [0, 0.05) is 7.14 Å².